The Bertz CT molecular complexity index is 236. The summed E-state index contributed by atoms with van der Waals surface area (Å²) in [6.07, 6.45) is 2.52. The molecule has 0 aromatic heterocycles. The summed E-state index contributed by atoms with van der Waals surface area (Å²) in [6.45, 7) is 1.75. The third-order valence-electron chi connectivity index (χ3n) is 2.46. The highest BCUT2D eigenvalue weighted by atomic mass is 16.2. The summed E-state index contributed by atoms with van der Waals surface area (Å²) in [7, 11) is 0. The number of nitrogens with zero attached hydrogens (tertiary/aromatic N) is 1. The van der Waals surface area contributed by atoms with Crippen LogP contribution in [0.1, 0.15) is 19.3 Å². The fourth-order valence-corrected chi connectivity index (χ4v) is 1.77. The molecule has 72 valence electrons. The van der Waals surface area contributed by atoms with E-state index in [1.165, 1.54) is 0 Å². The quantitative estimate of drug-likeness (QED) is 0.512. The van der Waals surface area contributed by atoms with Crippen LogP contribution < -0.4 is 10.7 Å². The van der Waals surface area contributed by atoms with E-state index >= 15 is 0 Å². The third kappa shape index (κ3) is 1.71. The number of imide groups is 1. The van der Waals surface area contributed by atoms with Gasteiger partial charge in [0.15, 0.2) is 0 Å². The molecule has 2 saturated heterocycles. The third-order valence-corrected chi connectivity index (χ3v) is 2.46. The number of amides is 2. The van der Waals surface area contributed by atoms with E-state index in [1.807, 2.05) is 5.01 Å². The minimum atomic E-state index is -0.284. The zero-order valence-electron chi connectivity index (χ0n) is 7.38. The monoisotopic (exact) mass is 183 g/mol. The lowest BCUT2D eigenvalue weighted by Crippen LogP contribution is -2.51. The molecule has 2 heterocycles. The molecule has 0 radical (unpaired) electrons. The first-order valence-electron chi connectivity index (χ1n) is 4.61. The van der Waals surface area contributed by atoms with Crippen LogP contribution in [0.2, 0.25) is 0 Å². The van der Waals surface area contributed by atoms with E-state index in [2.05, 4.69) is 10.7 Å². The van der Waals surface area contributed by atoms with Crippen LogP contribution in [-0.4, -0.2) is 36.0 Å². The first-order valence-corrected chi connectivity index (χ1v) is 4.61. The summed E-state index contributed by atoms with van der Waals surface area (Å²) in [6, 6.07) is -0.284. The highest BCUT2D eigenvalue weighted by Gasteiger charge is 2.35. The molecule has 0 aromatic carbocycles. The van der Waals surface area contributed by atoms with Crippen molar-refractivity contribution in [1.82, 2.24) is 15.8 Å². The topological polar surface area (TPSA) is 61.4 Å². The summed E-state index contributed by atoms with van der Waals surface area (Å²) in [5.41, 5.74) is 3.13. The van der Waals surface area contributed by atoms with Crippen LogP contribution in [0.4, 0.5) is 0 Å². The summed E-state index contributed by atoms with van der Waals surface area (Å²) in [4.78, 5) is 22.2. The molecule has 0 aromatic rings. The zero-order valence-corrected chi connectivity index (χ0v) is 7.38. The first-order chi connectivity index (χ1) is 6.27. The lowest BCUT2D eigenvalue weighted by atomic mass is 10.2. The second kappa shape index (κ2) is 3.43. The molecule has 2 amide bonds. The molecule has 5 heteroatoms. The molecule has 2 rings (SSSR count). The van der Waals surface area contributed by atoms with Gasteiger partial charge >= 0.3 is 0 Å². The van der Waals surface area contributed by atoms with Gasteiger partial charge in [0, 0.05) is 13.1 Å². The molecular weight excluding hydrogens is 170 g/mol. The fraction of sp³-hybridized carbons (Fsp3) is 0.750. The lowest BCUT2D eigenvalue weighted by Gasteiger charge is -2.30. The number of carbonyl (C=O) groups excluding carboxylic acids is 2. The Balaban J connectivity index is 1.99. The number of hydrazine groups is 1. The predicted octanol–water partition coefficient (Wildman–Crippen LogP) is -0.998. The Hall–Kier alpha value is -0.940. The number of rotatable bonds is 1. The van der Waals surface area contributed by atoms with Gasteiger partial charge in [0.1, 0.15) is 6.04 Å². The van der Waals surface area contributed by atoms with Crippen LogP contribution in [0.15, 0.2) is 0 Å². The summed E-state index contributed by atoms with van der Waals surface area (Å²) in [5, 5.41) is 4.18. The Labute approximate surface area is 76.4 Å². The molecule has 1 unspecified atom stereocenters. The second-order valence-electron chi connectivity index (χ2n) is 3.44. The van der Waals surface area contributed by atoms with Crippen molar-refractivity contribution in [1.29, 1.82) is 0 Å². The SMILES string of the molecule is O=C1CC(N2CCCCN2)C(=O)N1. The van der Waals surface area contributed by atoms with Crippen LogP contribution in [0.3, 0.4) is 0 Å². The maximum Gasteiger partial charge on any atom is 0.245 e. The van der Waals surface area contributed by atoms with E-state index in [0.717, 1.165) is 25.9 Å². The van der Waals surface area contributed by atoms with Gasteiger partial charge in [-0.15, -0.1) is 0 Å². The van der Waals surface area contributed by atoms with Crippen LogP contribution >= 0.6 is 0 Å². The highest BCUT2D eigenvalue weighted by molar-refractivity contribution is 6.05. The minimum Gasteiger partial charge on any atom is -0.295 e. The Kier molecular flexibility index (Phi) is 2.28. The minimum absolute atomic E-state index is 0.164. The van der Waals surface area contributed by atoms with Crippen molar-refractivity contribution in [3.05, 3.63) is 0 Å². The molecule has 1 atom stereocenters. The molecule has 0 aliphatic carbocycles. The summed E-state index contributed by atoms with van der Waals surface area (Å²) < 4.78 is 0. The van der Waals surface area contributed by atoms with Gasteiger partial charge in [-0.3, -0.25) is 20.3 Å². The summed E-state index contributed by atoms with van der Waals surface area (Å²) in [5.74, 6) is -0.332. The Morgan fingerprint density at radius 3 is 2.69 bits per heavy atom. The molecule has 2 aliphatic heterocycles. The predicted molar refractivity (Wildman–Crippen MR) is 45.5 cm³/mol. The van der Waals surface area contributed by atoms with E-state index in [0.29, 0.717) is 6.42 Å². The average molecular weight is 183 g/mol. The Morgan fingerprint density at radius 2 is 2.15 bits per heavy atom. The number of carbonyl (C=O) groups is 2. The van der Waals surface area contributed by atoms with E-state index < -0.39 is 0 Å². The first kappa shape index (κ1) is 8.65. The van der Waals surface area contributed by atoms with Gasteiger partial charge in [0.05, 0.1) is 6.42 Å². The molecular formula is C8H13N3O2. The molecule has 0 saturated carbocycles. The Morgan fingerprint density at radius 1 is 1.31 bits per heavy atom. The molecule has 0 spiro atoms. The second-order valence-corrected chi connectivity index (χ2v) is 3.44. The van der Waals surface area contributed by atoms with Crippen molar-refractivity contribution in [3.8, 4) is 0 Å². The van der Waals surface area contributed by atoms with Crippen molar-refractivity contribution < 1.29 is 9.59 Å². The van der Waals surface area contributed by atoms with Crippen LogP contribution in [0, 0.1) is 0 Å². The van der Waals surface area contributed by atoms with Crippen LogP contribution in [0.5, 0.6) is 0 Å². The van der Waals surface area contributed by atoms with E-state index in [4.69, 9.17) is 0 Å². The van der Waals surface area contributed by atoms with Crippen molar-refractivity contribution in [3.63, 3.8) is 0 Å². The van der Waals surface area contributed by atoms with Gasteiger partial charge < -0.3 is 0 Å². The van der Waals surface area contributed by atoms with E-state index in [1.54, 1.807) is 0 Å². The maximum absolute atomic E-state index is 11.3. The largest absolute Gasteiger partial charge is 0.295 e. The number of hydrogen-bond acceptors (Lipinski definition) is 4. The van der Waals surface area contributed by atoms with E-state index in [9.17, 15) is 9.59 Å². The van der Waals surface area contributed by atoms with Crippen molar-refractivity contribution in [2.45, 2.75) is 25.3 Å². The average Bonchev–Trinajstić information content (AvgIpc) is 2.47. The number of nitrogens with one attached hydrogen (secondary N) is 2. The molecule has 2 aliphatic rings. The molecule has 2 N–H and O–H groups in total. The van der Waals surface area contributed by atoms with Gasteiger partial charge in [-0.2, -0.15) is 0 Å². The van der Waals surface area contributed by atoms with Gasteiger partial charge in [0.25, 0.3) is 0 Å². The smallest absolute Gasteiger partial charge is 0.245 e. The highest BCUT2D eigenvalue weighted by Crippen LogP contribution is 2.12. The van der Waals surface area contributed by atoms with Gasteiger partial charge in [-0.1, -0.05) is 0 Å². The lowest BCUT2D eigenvalue weighted by molar-refractivity contribution is -0.127. The fourth-order valence-electron chi connectivity index (χ4n) is 1.77. The summed E-state index contributed by atoms with van der Waals surface area (Å²) >= 11 is 0. The van der Waals surface area contributed by atoms with Gasteiger partial charge in [0.2, 0.25) is 11.8 Å². The molecule has 2 fully saturated rings. The van der Waals surface area contributed by atoms with Gasteiger partial charge in [-0.25, -0.2) is 5.01 Å². The van der Waals surface area contributed by atoms with Gasteiger partial charge in [-0.05, 0) is 12.8 Å². The van der Waals surface area contributed by atoms with Crippen LogP contribution in [-0.2, 0) is 9.59 Å². The zero-order chi connectivity index (χ0) is 9.26. The van der Waals surface area contributed by atoms with Crippen molar-refractivity contribution in [2.75, 3.05) is 13.1 Å². The van der Waals surface area contributed by atoms with Crippen molar-refractivity contribution in [2.24, 2.45) is 0 Å². The standard InChI is InChI=1S/C8H13N3O2/c12-7-5-6(8(13)10-7)11-4-2-1-3-9-11/h6,9H,1-5H2,(H,10,12,13). The normalized spacial score (nSPS) is 30.6. The van der Waals surface area contributed by atoms with Crippen LogP contribution in [0.25, 0.3) is 0 Å². The molecule has 13 heavy (non-hydrogen) atoms. The van der Waals surface area contributed by atoms with Crippen molar-refractivity contribution >= 4 is 11.8 Å². The molecule has 5 nitrogen and oxygen atoms in total. The maximum atomic E-state index is 11.3. The number of hydrogen-bond donors (Lipinski definition) is 2. The van der Waals surface area contributed by atoms with E-state index in [-0.39, 0.29) is 17.9 Å². The molecule has 0 bridgehead atoms.